The van der Waals surface area contributed by atoms with Gasteiger partial charge in [-0.1, -0.05) is 48.0 Å². The number of hydrogen-bond acceptors (Lipinski definition) is 5. The third-order valence-corrected chi connectivity index (χ3v) is 4.08. The Hall–Kier alpha value is -3.60. The quantitative estimate of drug-likeness (QED) is 0.497. The van der Waals surface area contributed by atoms with E-state index in [0.29, 0.717) is 18.1 Å². The van der Waals surface area contributed by atoms with E-state index in [0.717, 1.165) is 11.1 Å². The number of ether oxygens (including phenoxy) is 2. The van der Waals surface area contributed by atoms with Gasteiger partial charge in [-0.3, -0.25) is 0 Å². The Morgan fingerprint density at radius 3 is 2.63 bits per heavy atom. The molecule has 134 valence electrons. The molecule has 0 atom stereocenters. The number of para-hydroxylation sites is 1. The topological polar surface area (TPSA) is 61.0 Å². The Balaban J connectivity index is 1.56. The number of carbonyl (C=O) groups is 1. The molecular weight excluding hydrogens is 342 g/mol. The molecule has 2 aromatic carbocycles. The molecule has 0 aliphatic carbocycles. The third-order valence-electron chi connectivity index (χ3n) is 4.08. The van der Waals surface area contributed by atoms with Crippen molar-refractivity contribution in [2.24, 2.45) is 4.99 Å². The first-order chi connectivity index (χ1) is 13.2. The molecule has 0 saturated heterocycles. The second kappa shape index (κ2) is 7.33. The summed E-state index contributed by atoms with van der Waals surface area (Å²) in [4.78, 5) is 16.4. The van der Waals surface area contributed by atoms with E-state index in [-0.39, 0.29) is 11.6 Å². The lowest BCUT2D eigenvalue weighted by Crippen LogP contribution is -2.04. The van der Waals surface area contributed by atoms with E-state index in [1.54, 1.807) is 18.2 Å². The van der Waals surface area contributed by atoms with Gasteiger partial charge in [0.1, 0.15) is 12.4 Å². The van der Waals surface area contributed by atoms with Crippen molar-refractivity contribution >= 4 is 17.9 Å². The van der Waals surface area contributed by atoms with Crippen molar-refractivity contribution in [3.05, 3.63) is 95.1 Å². The Bertz CT molecular complexity index is 1010. The number of benzene rings is 2. The van der Waals surface area contributed by atoms with Gasteiger partial charge in [-0.2, -0.15) is 0 Å². The fourth-order valence-corrected chi connectivity index (χ4v) is 2.64. The summed E-state index contributed by atoms with van der Waals surface area (Å²) in [5.41, 5.74) is 3.23. The fraction of sp³-hybridized carbons (Fsp3) is 0.0909. The van der Waals surface area contributed by atoms with Crippen molar-refractivity contribution in [2.75, 3.05) is 0 Å². The molecule has 3 aromatic rings. The molecule has 0 fully saturated rings. The number of hydrogen-bond donors (Lipinski definition) is 0. The van der Waals surface area contributed by atoms with Gasteiger partial charge in [0.05, 0.1) is 6.26 Å². The summed E-state index contributed by atoms with van der Waals surface area (Å²) >= 11 is 0. The maximum absolute atomic E-state index is 12.1. The summed E-state index contributed by atoms with van der Waals surface area (Å²) in [6.45, 7) is 2.48. The van der Waals surface area contributed by atoms with Crippen LogP contribution in [0.3, 0.4) is 0 Å². The van der Waals surface area contributed by atoms with Crippen molar-refractivity contribution in [1.29, 1.82) is 0 Å². The molecule has 0 N–H and O–H groups in total. The highest BCUT2D eigenvalue weighted by Gasteiger charge is 2.26. The van der Waals surface area contributed by atoms with Gasteiger partial charge in [0.15, 0.2) is 11.5 Å². The smallest absolute Gasteiger partial charge is 0.363 e. The number of carbonyl (C=O) groups excluding carboxylic acids is 1. The van der Waals surface area contributed by atoms with Crippen molar-refractivity contribution in [3.63, 3.8) is 0 Å². The summed E-state index contributed by atoms with van der Waals surface area (Å²) in [5.74, 6) is 0.722. The summed E-state index contributed by atoms with van der Waals surface area (Å²) < 4.78 is 16.3. The number of nitrogens with zero attached hydrogens (tertiary/aromatic N) is 1. The molecule has 2 heterocycles. The molecule has 1 aliphatic rings. The lowest BCUT2D eigenvalue weighted by Gasteiger charge is -2.09. The van der Waals surface area contributed by atoms with Crippen LogP contribution in [0.2, 0.25) is 0 Å². The summed E-state index contributed by atoms with van der Waals surface area (Å²) in [6, 6.07) is 19.0. The maximum atomic E-state index is 12.1. The fourth-order valence-electron chi connectivity index (χ4n) is 2.64. The normalized spacial score (nSPS) is 14.9. The Morgan fingerprint density at radius 1 is 1.04 bits per heavy atom. The Morgan fingerprint density at radius 2 is 1.85 bits per heavy atom. The molecule has 0 unspecified atom stereocenters. The molecule has 0 saturated carbocycles. The molecule has 5 nitrogen and oxygen atoms in total. The SMILES string of the molecule is Cc1ccc(COc2ccccc2/C=C2\N=C(c3ccco3)OC2=O)cc1. The zero-order chi connectivity index (χ0) is 18.6. The maximum Gasteiger partial charge on any atom is 0.363 e. The molecule has 0 bridgehead atoms. The van der Waals surface area contributed by atoms with Crippen molar-refractivity contribution < 1.29 is 18.7 Å². The first-order valence-corrected chi connectivity index (χ1v) is 8.53. The molecule has 0 radical (unpaired) electrons. The van der Waals surface area contributed by atoms with E-state index in [1.165, 1.54) is 11.8 Å². The minimum atomic E-state index is -0.519. The lowest BCUT2D eigenvalue weighted by atomic mass is 10.1. The van der Waals surface area contributed by atoms with Crippen LogP contribution < -0.4 is 4.74 Å². The average Bonchev–Trinajstić information content (AvgIpc) is 3.33. The summed E-state index contributed by atoms with van der Waals surface area (Å²) in [6.07, 6.45) is 3.16. The van der Waals surface area contributed by atoms with Crippen LogP contribution >= 0.6 is 0 Å². The van der Waals surface area contributed by atoms with E-state index in [4.69, 9.17) is 13.9 Å². The van der Waals surface area contributed by atoms with E-state index in [9.17, 15) is 4.79 Å². The zero-order valence-corrected chi connectivity index (χ0v) is 14.7. The largest absolute Gasteiger partial charge is 0.488 e. The minimum absolute atomic E-state index is 0.161. The second-order valence-corrected chi connectivity index (χ2v) is 6.13. The minimum Gasteiger partial charge on any atom is -0.488 e. The van der Waals surface area contributed by atoms with Crippen LogP contribution in [0.15, 0.2) is 82.0 Å². The van der Waals surface area contributed by atoms with Crippen LogP contribution in [0.25, 0.3) is 6.08 Å². The molecule has 0 amide bonds. The predicted molar refractivity (Wildman–Crippen MR) is 101 cm³/mol. The van der Waals surface area contributed by atoms with Gasteiger partial charge in [-0.05, 0) is 36.8 Å². The van der Waals surface area contributed by atoms with Crippen LogP contribution in [0.4, 0.5) is 0 Å². The highest BCUT2D eigenvalue weighted by atomic mass is 16.6. The van der Waals surface area contributed by atoms with Gasteiger partial charge in [0.25, 0.3) is 5.90 Å². The van der Waals surface area contributed by atoms with Crippen LogP contribution in [-0.2, 0) is 16.1 Å². The summed E-state index contributed by atoms with van der Waals surface area (Å²) in [5, 5.41) is 0. The molecular formula is C22H17NO4. The average molecular weight is 359 g/mol. The highest BCUT2D eigenvalue weighted by molar-refractivity contribution is 6.11. The second-order valence-electron chi connectivity index (χ2n) is 6.13. The van der Waals surface area contributed by atoms with E-state index in [2.05, 4.69) is 4.99 Å². The number of furan rings is 1. The predicted octanol–water partition coefficient (Wildman–Crippen LogP) is 4.51. The Kier molecular flexibility index (Phi) is 4.58. The number of cyclic esters (lactones) is 1. The Labute approximate surface area is 156 Å². The number of aryl methyl sites for hydroxylation is 1. The van der Waals surface area contributed by atoms with Gasteiger partial charge < -0.3 is 13.9 Å². The van der Waals surface area contributed by atoms with Crippen LogP contribution in [-0.4, -0.2) is 11.9 Å². The van der Waals surface area contributed by atoms with E-state index < -0.39 is 5.97 Å². The monoisotopic (exact) mass is 359 g/mol. The number of rotatable bonds is 5. The molecule has 1 aliphatic heterocycles. The first-order valence-electron chi connectivity index (χ1n) is 8.53. The van der Waals surface area contributed by atoms with E-state index in [1.807, 2.05) is 55.5 Å². The first kappa shape index (κ1) is 16.8. The molecule has 0 spiro atoms. The van der Waals surface area contributed by atoms with Crippen LogP contribution in [0.5, 0.6) is 5.75 Å². The molecule has 5 heteroatoms. The van der Waals surface area contributed by atoms with E-state index >= 15 is 0 Å². The van der Waals surface area contributed by atoms with Crippen LogP contribution in [0, 0.1) is 6.92 Å². The van der Waals surface area contributed by atoms with Gasteiger partial charge >= 0.3 is 5.97 Å². The lowest BCUT2D eigenvalue weighted by molar-refractivity contribution is -0.130. The van der Waals surface area contributed by atoms with Gasteiger partial charge in [-0.15, -0.1) is 0 Å². The zero-order valence-electron chi connectivity index (χ0n) is 14.7. The highest BCUT2D eigenvalue weighted by Crippen LogP contribution is 2.25. The van der Waals surface area contributed by atoms with Crippen LogP contribution in [0.1, 0.15) is 22.5 Å². The molecule has 4 rings (SSSR count). The van der Waals surface area contributed by atoms with Crippen molar-refractivity contribution in [1.82, 2.24) is 0 Å². The van der Waals surface area contributed by atoms with Gasteiger partial charge in [-0.25, -0.2) is 9.79 Å². The standard InChI is InChI=1S/C22H17NO4/c1-15-8-10-16(11-9-15)14-26-19-6-3-2-5-17(19)13-18-22(24)27-21(23-18)20-7-4-12-25-20/h2-13H,14H2,1H3/b18-13-. The van der Waals surface area contributed by atoms with Crippen molar-refractivity contribution in [2.45, 2.75) is 13.5 Å². The summed E-state index contributed by atoms with van der Waals surface area (Å²) in [7, 11) is 0. The molecule has 1 aromatic heterocycles. The molecule has 27 heavy (non-hydrogen) atoms. The number of aliphatic imine (C=N–C) groups is 1. The van der Waals surface area contributed by atoms with Crippen molar-refractivity contribution in [3.8, 4) is 5.75 Å². The van der Waals surface area contributed by atoms with Gasteiger partial charge in [0, 0.05) is 5.56 Å². The number of esters is 1. The third kappa shape index (κ3) is 3.82. The van der Waals surface area contributed by atoms with Gasteiger partial charge in [0.2, 0.25) is 0 Å².